The standard InChI is InChI=1S/C20H17Cl2F4N3O3/c21-6-16(30)29(8-11-1-3-13(4-2-11)20(24,25)26)17(12-9-32-10-12)19(31)28-18-15(23)5-14(22)7-27-18/h1-5,7,12,17H,6,8-10H2,(H,27,28,31). The maximum Gasteiger partial charge on any atom is 0.416 e. The van der Waals surface area contributed by atoms with Crippen LogP contribution in [0.1, 0.15) is 11.1 Å². The number of aromatic nitrogens is 1. The zero-order valence-corrected chi connectivity index (χ0v) is 17.8. The van der Waals surface area contributed by atoms with Gasteiger partial charge in [-0.05, 0) is 23.8 Å². The number of anilines is 1. The highest BCUT2D eigenvalue weighted by molar-refractivity contribution is 6.30. The Hall–Kier alpha value is -2.43. The van der Waals surface area contributed by atoms with E-state index in [0.29, 0.717) is 5.56 Å². The normalized spacial score (nSPS) is 15.1. The van der Waals surface area contributed by atoms with Crippen molar-refractivity contribution < 1.29 is 31.9 Å². The van der Waals surface area contributed by atoms with Gasteiger partial charge in [-0.2, -0.15) is 13.2 Å². The predicted octanol–water partition coefficient (Wildman–Crippen LogP) is 4.11. The van der Waals surface area contributed by atoms with Crippen molar-refractivity contribution in [3.63, 3.8) is 0 Å². The summed E-state index contributed by atoms with van der Waals surface area (Å²) < 4.78 is 57.7. The average molecular weight is 494 g/mol. The zero-order chi connectivity index (χ0) is 23.5. The predicted molar refractivity (Wildman–Crippen MR) is 109 cm³/mol. The van der Waals surface area contributed by atoms with Gasteiger partial charge in [0.2, 0.25) is 11.8 Å². The fourth-order valence-corrected chi connectivity index (χ4v) is 3.46. The van der Waals surface area contributed by atoms with Gasteiger partial charge in [-0.3, -0.25) is 9.59 Å². The van der Waals surface area contributed by atoms with E-state index in [2.05, 4.69) is 10.3 Å². The van der Waals surface area contributed by atoms with Gasteiger partial charge in [-0.1, -0.05) is 23.7 Å². The number of alkyl halides is 4. The largest absolute Gasteiger partial charge is 0.416 e. The van der Waals surface area contributed by atoms with E-state index >= 15 is 0 Å². The van der Waals surface area contributed by atoms with Crippen molar-refractivity contribution in [2.45, 2.75) is 18.8 Å². The zero-order valence-electron chi connectivity index (χ0n) is 16.3. The fourth-order valence-electron chi connectivity index (χ4n) is 3.16. The summed E-state index contributed by atoms with van der Waals surface area (Å²) in [5, 5.41) is 2.37. The van der Waals surface area contributed by atoms with Gasteiger partial charge in [0, 0.05) is 18.7 Å². The van der Waals surface area contributed by atoms with Crippen molar-refractivity contribution in [1.29, 1.82) is 0 Å². The molecule has 1 unspecified atom stereocenters. The lowest BCUT2D eigenvalue weighted by atomic mass is 9.94. The molecule has 6 nitrogen and oxygen atoms in total. The number of halogens is 6. The van der Waals surface area contributed by atoms with E-state index in [1.807, 2.05) is 0 Å². The smallest absolute Gasteiger partial charge is 0.380 e. The number of rotatable bonds is 7. The second kappa shape index (κ2) is 10.0. The Morgan fingerprint density at radius 3 is 2.41 bits per heavy atom. The van der Waals surface area contributed by atoms with Crippen LogP contribution in [0.15, 0.2) is 36.5 Å². The first-order chi connectivity index (χ1) is 15.1. The third-order valence-electron chi connectivity index (χ3n) is 4.83. The number of pyridine rings is 1. The summed E-state index contributed by atoms with van der Waals surface area (Å²) in [6, 6.07) is 4.04. The van der Waals surface area contributed by atoms with E-state index in [-0.39, 0.29) is 30.6 Å². The number of carbonyl (C=O) groups excluding carboxylic acids is 2. The van der Waals surface area contributed by atoms with Gasteiger partial charge < -0.3 is 15.0 Å². The number of hydrogen-bond acceptors (Lipinski definition) is 4. The molecule has 32 heavy (non-hydrogen) atoms. The molecule has 1 N–H and O–H groups in total. The Kier molecular flexibility index (Phi) is 7.58. The number of hydrogen-bond donors (Lipinski definition) is 1. The van der Waals surface area contributed by atoms with Crippen LogP contribution in [0.3, 0.4) is 0 Å². The van der Waals surface area contributed by atoms with Crippen LogP contribution in [0.5, 0.6) is 0 Å². The number of amides is 2. The summed E-state index contributed by atoms with van der Waals surface area (Å²) in [7, 11) is 0. The van der Waals surface area contributed by atoms with Crippen LogP contribution in [0.2, 0.25) is 5.02 Å². The molecule has 172 valence electrons. The second-order valence-corrected chi connectivity index (χ2v) is 7.77. The fraction of sp³-hybridized carbons (Fsp3) is 0.350. The Balaban J connectivity index is 1.87. The van der Waals surface area contributed by atoms with E-state index in [1.54, 1.807) is 0 Å². The minimum atomic E-state index is -4.51. The Morgan fingerprint density at radius 1 is 1.25 bits per heavy atom. The highest BCUT2D eigenvalue weighted by atomic mass is 35.5. The SMILES string of the molecule is O=C(Nc1ncc(Cl)cc1F)C(C1COC1)N(Cc1ccc(C(F)(F)F)cc1)C(=O)CCl. The summed E-state index contributed by atoms with van der Waals surface area (Å²) >= 11 is 11.4. The molecule has 3 rings (SSSR count). The Morgan fingerprint density at radius 2 is 1.91 bits per heavy atom. The number of nitrogens with zero attached hydrogens (tertiary/aromatic N) is 2. The molecule has 1 aromatic heterocycles. The number of nitrogens with one attached hydrogen (secondary N) is 1. The van der Waals surface area contributed by atoms with Gasteiger partial charge in [-0.25, -0.2) is 9.37 Å². The van der Waals surface area contributed by atoms with Crippen LogP contribution in [-0.2, 0) is 27.0 Å². The van der Waals surface area contributed by atoms with Crippen LogP contribution < -0.4 is 5.32 Å². The third kappa shape index (κ3) is 5.67. The molecule has 0 saturated carbocycles. The molecule has 0 spiro atoms. The molecule has 1 aliphatic rings. The molecular weight excluding hydrogens is 477 g/mol. The Bertz CT molecular complexity index is 985. The monoisotopic (exact) mass is 493 g/mol. The summed E-state index contributed by atoms with van der Waals surface area (Å²) in [6.07, 6.45) is -3.36. The first-order valence-electron chi connectivity index (χ1n) is 9.31. The first-order valence-corrected chi connectivity index (χ1v) is 10.2. The molecule has 1 saturated heterocycles. The Labute approximate surface area is 190 Å². The summed E-state index contributed by atoms with van der Waals surface area (Å²) in [6.45, 7) is 0.135. The van der Waals surface area contributed by atoms with E-state index < -0.39 is 47.2 Å². The minimum Gasteiger partial charge on any atom is -0.380 e. The molecule has 1 aromatic carbocycles. The van der Waals surface area contributed by atoms with Gasteiger partial charge >= 0.3 is 6.18 Å². The van der Waals surface area contributed by atoms with Gasteiger partial charge in [0.25, 0.3) is 0 Å². The molecular formula is C20H17Cl2F4N3O3. The van der Waals surface area contributed by atoms with Crippen LogP contribution >= 0.6 is 23.2 Å². The molecule has 1 atom stereocenters. The molecule has 1 fully saturated rings. The number of carbonyl (C=O) groups is 2. The van der Waals surface area contributed by atoms with Crippen LogP contribution in [0.4, 0.5) is 23.4 Å². The van der Waals surface area contributed by atoms with Crippen LogP contribution in [-0.4, -0.2) is 46.8 Å². The van der Waals surface area contributed by atoms with Crippen molar-refractivity contribution >= 4 is 40.8 Å². The number of benzene rings is 1. The van der Waals surface area contributed by atoms with E-state index in [0.717, 1.165) is 29.3 Å². The van der Waals surface area contributed by atoms with E-state index in [9.17, 15) is 27.2 Å². The van der Waals surface area contributed by atoms with Gasteiger partial charge in [-0.15, -0.1) is 11.6 Å². The quantitative estimate of drug-likeness (QED) is 0.465. The molecule has 0 bridgehead atoms. The second-order valence-electron chi connectivity index (χ2n) is 7.07. The molecule has 0 aliphatic carbocycles. The molecule has 0 radical (unpaired) electrons. The molecule has 2 amide bonds. The van der Waals surface area contributed by atoms with Crippen LogP contribution in [0, 0.1) is 11.7 Å². The van der Waals surface area contributed by atoms with Crippen molar-refractivity contribution in [2.24, 2.45) is 5.92 Å². The summed E-state index contributed by atoms with van der Waals surface area (Å²) in [5.74, 6) is -3.50. The molecule has 2 aromatic rings. The summed E-state index contributed by atoms with van der Waals surface area (Å²) in [4.78, 5) is 30.5. The first kappa shape index (κ1) is 24.2. The topological polar surface area (TPSA) is 71.5 Å². The van der Waals surface area contributed by atoms with Crippen LogP contribution in [0.25, 0.3) is 0 Å². The highest BCUT2D eigenvalue weighted by Gasteiger charge is 2.40. The van der Waals surface area contributed by atoms with Crippen molar-refractivity contribution in [2.75, 3.05) is 24.4 Å². The molecule has 2 heterocycles. The highest BCUT2D eigenvalue weighted by Crippen LogP contribution is 2.30. The lowest BCUT2D eigenvalue weighted by Crippen LogP contribution is -2.56. The van der Waals surface area contributed by atoms with Gasteiger partial charge in [0.15, 0.2) is 11.6 Å². The lowest BCUT2D eigenvalue weighted by molar-refractivity contribution is -0.148. The maximum absolute atomic E-state index is 14.1. The average Bonchev–Trinajstić information content (AvgIpc) is 2.70. The van der Waals surface area contributed by atoms with E-state index in [1.165, 1.54) is 12.1 Å². The van der Waals surface area contributed by atoms with Crippen molar-refractivity contribution in [3.05, 3.63) is 58.5 Å². The van der Waals surface area contributed by atoms with E-state index in [4.69, 9.17) is 27.9 Å². The molecule has 1 aliphatic heterocycles. The lowest BCUT2D eigenvalue weighted by Gasteiger charge is -2.39. The molecule has 12 heteroatoms. The van der Waals surface area contributed by atoms with Gasteiger partial charge in [0.05, 0.1) is 23.8 Å². The number of ether oxygens (including phenoxy) is 1. The minimum absolute atomic E-state index is 0.0330. The van der Waals surface area contributed by atoms with Crippen molar-refractivity contribution in [1.82, 2.24) is 9.88 Å². The van der Waals surface area contributed by atoms with Gasteiger partial charge in [0.1, 0.15) is 11.9 Å². The van der Waals surface area contributed by atoms with Crippen molar-refractivity contribution in [3.8, 4) is 0 Å². The third-order valence-corrected chi connectivity index (χ3v) is 5.27. The maximum atomic E-state index is 14.1. The summed E-state index contributed by atoms with van der Waals surface area (Å²) in [5.41, 5.74) is -0.493.